The van der Waals surface area contributed by atoms with Crippen molar-refractivity contribution in [2.45, 2.75) is 5.75 Å². The maximum atomic E-state index is 13.0. The zero-order valence-corrected chi connectivity index (χ0v) is 16.0. The van der Waals surface area contributed by atoms with Crippen molar-refractivity contribution in [1.29, 1.82) is 0 Å². The second-order valence-electron chi connectivity index (χ2n) is 6.23. The first kappa shape index (κ1) is 18.1. The lowest BCUT2D eigenvalue weighted by Crippen LogP contribution is -2.36. The fraction of sp³-hybridized carbons (Fsp3) is 0.0435. The lowest BCUT2D eigenvalue weighted by atomic mass is 10.2. The topological polar surface area (TPSA) is 44.7 Å². The Morgan fingerprint density at radius 1 is 0.857 bits per heavy atom. The molecule has 1 amide bonds. The van der Waals surface area contributed by atoms with Crippen LogP contribution in [0.15, 0.2) is 102 Å². The Morgan fingerprint density at radius 3 is 2.14 bits per heavy atom. The van der Waals surface area contributed by atoms with E-state index in [1.807, 2.05) is 84.9 Å². The van der Waals surface area contributed by atoms with E-state index in [4.69, 9.17) is 0 Å². The second-order valence-corrected chi connectivity index (χ2v) is 7.17. The van der Waals surface area contributed by atoms with E-state index in [-0.39, 0.29) is 5.91 Å². The van der Waals surface area contributed by atoms with Crippen LogP contribution in [-0.4, -0.2) is 16.1 Å². The Balaban J connectivity index is 1.59. The van der Waals surface area contributed by atoms with Crippen LogP contribution in [0.1, 0.15) is 11.1 Å². The fourth-order valence-corrected chi connectivity index (χ4v) is 3.67. The SMILES string of the molecule is O=C1/C(=C/c2ccccc2)N=C(SCc2ccccc2)N1Nc1ccccc1. The number of hydrazine groups is 1. The minimum absolute atomic E-state index is 0.164. The molecule has 0 aliphatic carbocycles. The largest absolute Gasteiger partial charge is 0.297 e. The molecule has 3 aromatic carbocycles. The van der Waals surface area contributed by atoms with Gasteiger partial charge < -0.3 is 0 Å². The van der Waals surface area contributed by atoms with Crippen molar-refractivity contribution in [3.63, 3.8) is 0 Å². The summed E-state index contributed by atoms with van der Waals surface area (Å²) in [5.74, 6) is 0.571. The van der Waals surface area contributed by atoms with E-state index >= 15 is 0 Å². The number of hydrogen-bond acceptors (Lipinski definition) is 4. The summed E-state index contributed by atoms with van der Waals surface area (Å²) in [6, 6.07) is 29.6. The summed E-state index contributed by atoms with van der Waals surface area (Å²) in [6.07, 6.45) is 1.82. The highest BCUT2D eigenvalue weighted by Gasteiger charge is 2.31. The summed E-state index contributed by atoms with van der Waals surface area (Å²) in [6.45, 7) is 0. The Morgan fingerprint density at radius 2 is 1.46 bits per heavy atom. The van der Waals surface area contributed by atoms with Crippen molar-refractivity contribution in [3.8, 4) is 0 Å². The number of amidine groups is 1. The number of benzene rings is 3. The molecule has 138 valence electrons. The molecule has 0 fully saturated rings. The number of nitrogens with one attached hydrogen (secondary N) is 1. The van der Waals surface area contributed by atoms with Gasteiger partial charge in [0.2, 0.25) is 0 Å². The van der Waals surface area contributed by atoms with Crippen molar-refractivity contribution in [2.75, 3.05) is 5.43 Å². The third-order valence-corrected chi connectivity index (χ3v) is 5.17. The van der Waals surface area contributed by atoms with Gasteiger partial charge in [0.25, 0.3) is 5.91 Å². The molecule has 0 saturated carbocycles. The zero-order chi connectivity index (χ0) is 19.2. The first-order chi connectivity index (χ1) is 13.8. The highest BCUT2D eigenvalue weighted by atomic mass is 32.2. The first-order valence-electron chi connectivity index (χ1n) is 8.98. The summed E-state index contributed by atoms with van der Waals surface area (Å²) in [4.78, 5) is 17.6. The van der Waals surface area contributed by atoms with Crippen LogP contribution >= 0.6 is 11.8 Å². The lowest BCUT2D eigenvalue weighted by molar-refractivity contribution is -0.121. The van der Waals surface area contributed by atoms with Gasteiger partial charge in [-0.25, -0.2) is 4.99 Å². The molecule has 0 radical (unpaired) electrons. The zero-order valence-electron chi connectivity index (χ0n) is 15.2. The molecular weight excluding hydrogens is 366 g/mol. The third kappa shape index (κ3) is 4.32. The molecule has 0 spiro atoms. The van der Waals surface area contributed by atoms with Gasteiger partial charge in [0.1, 0.15) is 5.70 Å². The van der Waals surface area contributed by atoms with Crippen molar-refractivity contribution in [1.82, 2.24) is 5.01 Å². The van der Waals surface area contributed by atoms with Gasteiger partial charge in [0.15, 0.2) is 5.17 Å². The summed E-state index contributed by atoms with van der Waals surface area (Å²) in [5.41, 5.74) is 6.57. The Labute approximate surface area is 168 Å². The number of hydrogen-bond donors (Lipinski definition) is 1. The maximum Gasteiger partial charge on any atom is 0.297 e. The molecule has 0 saturated heterocycles. The molecule has 1 N–H and O–H groups in total. The van der Waals surface area contributed by atoms with E-state index < -0.39 is 0 Å². The number of carbonyl (C=O) groups is 1. The van der Waals surface area contributed by atoms with Gasteiger partial charge in [-0.2, -0.15) is 5.01 Å². The van der Waals surface area contributed by atoms with Crippen LogP contribution in [0.25, 0.3) is 6.08 Å². The monoisotopic (exact) mass is 385 g/mol. The first-order valence-corrected chi connectivity index (χ1v) is 9.96. The van der Waals surface area contributed by atoms with Gasteiger partial charge in [-0.05, 0) is 29.3 Å². The number of amides is 1. The van der Waals surface area contributed by atoms with E-state index in [9.17, 15) is 4.79 Å². The second kappa shape index (κ2) is 8.59. The van der Waals surface area contributed by atoms with Crippen LogP contribution in [0.2, 0.25) is 0 Å². The number of rotatable bonds is 5. The number of para-hydroxylation sites is 1. The summed E-state index contributed by atoms with van der Waals surface area (Å²) in [5, 5.41) is 2.16. The number of anilines is 1. The van der Waals surface area contributed by atoms with Crippen LogP contribution in [0.4, 0.5) is 5.69 Å². The van der Waals surface area contributed by atoms with Gasteiger partial charge >= 0.3 is 0 Å². The highest BCUT2D eigenvalue weighted by molar-refractivity contribution is 8.13. The third-order valence-electron chi connectivity index (χ3n) is 4.16. The minimum atomic E-state index is -0.164. The Hall–Kier alpha value is -3.31. The van der Waals surface area contributed by atoms with Crippen LogP contribution in [0.3, 0.4) is 0 Å². The molecule has 0 unspecified atom stereocenters. The molecule has 3 aromatic rings. The normalized spacial score (nSPS) is 15.0. The van der Waals surface area contributed by atoms with Gasteiger partial charge in [-0.1, -0.05) is 90.6 Å². The van der Waals surface area contributed by atoms with Crippen molar-refractivity contribution in [2.24, 2.45) is 4.99 Å². The van der Waals surface area contributed by atoms with Crippen LogP contribution in [0.5, 0.6) is 0 Å². The average Bonchev–Trinajstić information content (AvgIpc) is 3.03. The Bertz CT molecular complexity index is 1000. The molecule has 4 nitrogen and oxygen atoms in total. The lowest BCUT2D eigenvalue weighted by Gasteiger charge is -2.19. The van der Waals surface area contributed by atoms with Gasteiger partial charge in [0, 0.05) is 5.75 Å². The molecule has 0 aromatic heterocycles. The van der Waals surface area contributed by atoms with E-state index in [1.54, 1.807) is 0 Å². The Kier molecular flexibility index (Phi) is 5.54. The number of nitrogens with zero attached hydrogens (tertiary/aromatic N) is 2. The van der Waals surface area contributed by atoms with E-state index in [1.165, 1.54) is 22.3 Å². The molecule has 1 aliphatic rings. The van der Waals surface area contributed by atoms with Gasteiger partial charge in [-0.15, -0.1) is 0 Å². The molecule has 4 rings (SSSR count). The smallest absolute Gasteiger partial charge is 0.289 e. The predicted octanol–water partition coefficient (Wildman–Crippen LogP) is 5.19. The number of carbonyl (C=O) groups excluding carboxylic acids is 1. The predicted molar refractivity (Wildman–Crippen MR) is 117 cm³/mol. The molecule has 5 heteroatoms. The standard InChI is InChI=1S/C23H19N3OS/c27-22-21(16-18-10-4-1-5-11-18)24-23(28-17-19-12-6-2-7-13-19)26(22)25-20-14-8-3-9-15-20/h1-16,25H,17H2/b21-16-. The minimum Gasteiger partial charge on any atom is -0.289 e. The number of aliphatic imine (C=N–C) groups is 1. The maximum absolute atomic E-state index is 13.0. The van der Waals surface area contributed by atoms with Crippen molar-refractivity contribution < 1.29 is 4.79 Å². The van der Waals surface area contributed by atoms with E-state index in [0.717, 1.165) is 17.0 Å². The summed E-state index contributed by atoms with van der Waals surface area (Å²) >= 11 is 1.53. The molecule has 0 bridgehead atoms. The van der Waals surface area contributed by atoms with E-state index in [0.29, 0.717) is 10.9 Å². The molecular formula is C23H19N3OS. The molecule has 0 atom stereocenters. The fourth-order valence-electron chi connectivity index (χ4n) is 2.76. The molecule has 28 heavy (non-hydrogen) atoms. The van der Waals surface area contributed by atoms with E-state index in [2.05, 4.69) is 22.6 Å². The quantitative estimate of drug-likeness (QED) is 0.615. The van der Waals surface area contributed by atoms with Crippen LogP contribution in [-0.2, 0) is 10.5 Å². The van der Waals surface area contributed by atoms with Crippen molar-refractivity contribution in [3.05, 3.63) is 108 Å². The summed E-state index contributed by atoms with van der Waals surface area (Å²) in [7, 11) is 0. The molecule has 1 heterocycles. The highest BCUT2D eigenvalue weighted by Crippen LogP contribution is 2.26. The van der Waals surface area contributed by atoms with Crippen molar-refractivity contribution >= 4 is 34.6 Å². The summed E-state index contributed by atoms with van der Waals surface area (Å²) < 4.78 is 0. The van der Waals surface area contributed by atoms with Crippen LogP contribution < -0.4 is 5.43 Å². The number of thioether (sulfide) groups is 1. The van der Waals surface area contributed by atoms with Gasteiger partial charge in [0.05, 0.1) is 5.69 Å². The van der Waals surface area contributed by atoms with Crippen LogP contribution in [0, 0.1) is 0 Å². The molecule has 1 aliphatic heterocycles. The van der Waals surface area contributed by atoms with Gasteiger partial charge in [-0.3, -0.25) is 10.2 Å². The average molecular weight is 385 g/mol.